The molecule has 2 N–H and O–H groups in total. The van der Waals surface area contributed by atoms with E-state index in [9.17, 15) is 9.59 Å². The van der Waals surface area contributed by atoms with E-state index in [1.54, 1.807) is 77.4 Å². The first kappa shape index (κ1) is 23.0. The molecule has 0 spiro atoms. The molecule has 0 radical (unpaired) electrons. The van der Waals surface area contributed by atoms with E-state index < -0.39 is 23.8 Å². The Kier molecular flexibility index (Phi) is 6.92. The molecule has 0 bridgehead atoms. The Morgan fingerprint density at radius 3 is 2.44 bits per heavy atom. The van der Waals surface area contributed by atoms with Crippen LogP contribution >= 0.6 is 0 Å². The van der Waals surface area contributed by atoms with Crippen LogP contribution in [-0.2, 0) is 14.3 Å². The second kappa shape index (κ2) is 9.64. The molecule has 8 nitrogen and oxygen atoms in total. The zero-order valence-corrected chi connectivity index (χ0v) is 18.9. The molecule has 0 aliphatic heterocycles. The van der Waals surface area contributed by atoms with Gasteiger partial charge in [0.1, 0.15) is 17.1 Å². The van der Waals surface area contributed by atoms with Crippen molar-refractivity contribution in [1.82, 2.24) is 4.98 Å². The van der Waals surface area contributed by atoms with Crippen LogP contribution in [0.4, 0.5) is 10.5 Å². The Balaban J connectivity index is 2.00. The van der Waals surface area contributed by atoms with E-state index >= 15 is 0 Å². The van der Waals surface area contributed by atoms with E-state index in [4.69, 9.17) is 18.9 Å². The van der Waals surface area contributed by atoms with Crippen LogP contribution in [0.1, 0.15) is 39.3 Å². The van der Waals surface area contributed by atoms with Crippen molar-refractivity contribution in [3.8, 4) is 11.5 Å². The smallest absolute Gasteiger partial charge is 0.497 e. The summed E-state index contributed by atoms with van der Waals surface area (Å²) in [6.45, 7) is 7.24. The summed E-state index contributed by atoms with van der Waals surface area (Å²) in [7, 11) is 1.59. The summed E-state index contributed by atoms with van der Waals surface area (Å²) in [5.41, 5.74) is 1.28. The molecule has 1 aromatic heterocycles. The number of carbonyl (C=O) groups is 2. The third-order valence-corrected chi connectivity index (χ3v) is 4.52. The molecule has 0 unspecified atom stereocenters. The quantitative estimate of drug-likeness (QED) is 0.384. The van der Waals surface area contributed by atoms with Crippen molar-refractivity contribution in [3.63, 3.8) is 0 Å². The molecule has 3 rings (SSSR count). The van der Waals surface area contributed by atoms with Crippen LogP contribution < -0.4 is 14.8 Å². The third kappa shape index (κ3) is 5.51. The van der Waals surface area contributed by atoms with Gasteiger partial charge in [0.05, 0.1) is 13.7 Å². The van der Waals surface area contributed by atoms with Crippen molar-refractivity contribution < 1.29 is 28.5 Å². The van der Waals surface area contributed by atoms with Crippen molar-refractivity contribution in [2.75, 3.05) is 19.0 Å². The highest BCUT2D eigenvalue weighted by Gasteiger charge is 2.28. The number of aromatic nitrogens is 1. The normalized spacial score (nSPS) is 12.2. The minimum absolute atomic E-state index is 0.225. The topological polar surface area (TPSA) is 98.9 Å². The monoisotopic (exact) mass is 440 g/mol. The number of hydrogen-bond acceptors (Lipinski definition) is 7. The molecule has 170 valence electrons. The standard InChI is InChI=1S/C24H28N2O6/c1-6-30-22(27)21(26-15-10-12-16(29-5)13-11-15)17-14-25-18-8-7-9-19(20(17)18)31-23(28)32-24(2,3)4/h7-14,21,25-26H,6H2,1-5H3/t21-/m0/s1. The molecular formula is C24H28N2O6. The first-order valence-corrected chi connectivity index (χ1v) is 10.3. The summed E-state index contributed by atoms with van der Waals surface area (Å²) in [4.78, 5) is 28.3. The van der Waals surface area contributed by atoms with Gasteiger partial charge in [-0.05, 0) is 64.1 Å². The van der Waals surface area contributed by atoms with E-state index in [0.717, 1.165) is 0 Å². The number of esters is 1. The zero-order valence-electron chi connectivity index (χ0n) is 18.9. The molecule has 0 saturated heterocycles. The van der Waals surface area contributed by atoms with Gasteiger partial charge in [-0.2, -0.15) is 0 Å². The molecule has 0 amide bonds. The minimum Gasteiger partial charge on any atom is -0.497 e. The number of benzene rings is 2. The van der Waals surface area contributed by atoms with Gasteiger partial charge in [-0.25, -0.2) is 9.59 Å². The molecule has 8 heteroatoms. The molecule has 1 heterocycles. The molecule has 1 atom stereocenters. The molecule has 2 aromatic carbocycles. The minimum atomic E-state index is -0.847. The maximum Gasteiger partial charge on any atom is 0.514 e. The number of nitrogens with one attached hydrogen (secondary N) is 2. The average molecular weight is 440 g/mol. The van der Waals surface area contributed by atoms with E-state index in [1.165, 1.54) is 0 Å². The lowest BCUT2D eigenvalue weighted by Crippen LogP contribution is -2.26. The van der Waals surface area contributed by atoms with Gasteiger partial charge in [-0.1, -0.05) is 6.07 Å². The number of H-pyrrole nitrogens is 1. The van der Waals surface area contributed by atoms with Crippen LogP contribution in [0, 0.1) is 0 Å². The zero-order chi connectivity index (χ0) is 23.3. The van der Waals surface area contributed by atoms with Crippen molar-refractivity contribution in [2.24, 2.45) is 0 Å². The summed E-state index contributed by atoms with van der Waals surface area (Å²) in [5.74, 6) is 0.512. The highest BCUT2D eigenvalue weighted by molar-refractivity contribution is 5.96. The highest BCUT2D eigenvalue weighted by Crippen LogP contribution is 2.35. The van der Waals surface area contributed by atoms with Gasteiger partial charge >= 0.3 is 12.1 Å². The number of anilines is 1. The third-order valence-electron chi connectivity index (χ3n) is 4.52. The van der Waals surface area contributed by atoms with Crippen molar-refractivity contribution >= 4 is 28.7 Å². The first-order valence-electron chi connectivity index (χ1n) is 10.3. The molecule has 0 aliphatic rings. The van der Waals surface area contributed by atoms with E-state index in [2.05, 4.69) is 10.3 Å². The number of aromatic amines is 1. The van der Waals surface area contributed by atoms with Gasteiger partial charge in [0.25, 0.3) is 0 Å². The Labute approximate surface area is 186 Å². The lowest BCUT2D eigenvalue weighted by Gasteiger charge is -2.20. The summed E-state index contributed by atoms with van der Waals surface area (Å²) in [5, 5.41) is 3.79. The van der Waals surface area contributed by atoms with Crippen molar-refractivity contribution in [2.45, 2.75) is 39.3 Å². The molecule has 32 heavy (non-hydrogen) atoms. The van der Waals surface area contributed by atoms with E-state index in [-0.39, 0.29) is 12.4 Å². The fraction of sp³-hybridized carbons (Fsp3) is 0.333. The Bertz CT molecular complexity index is 1080. The summed E-state index contributed by atoms with van der Waals surface area (Å²) >= 11 is 0. The predicted molar refractivity (Wildman–Crippen MR) is 121 cm³/mol. The van der Waals surface area contributed by atoms with Crippen LogP contribution in [0.5, 0.6) is 11.5 Å². The highest BCUT2D eigenvalue weighted by atomic mass is 16.7. The fourth-order valence-electron chi connectivity index (χ4n) is 3.19. The maximum atomic E-state index is 12.9. The van der Waals surface area contributed by atoms with Gasteiger partial charge < -0.3 is 29.2 Å². The second-order valence-electron chi connectivity index (χ2n) is 8.05. The molecule has 0 aliphatic carbocycles. The average Bonchev–Trinajstić information content (AvgIpc) is 3.16. The molecule has 0 fully saturated rings. The predicted octanol–water partition coefficient (Wildman–Crippen LogP) is 5.21. The van der Waals surface area contributed by atoms with Crippen molar-refractivity contribution in [1.29, 1.82) is 0 Å². The van der Waals surface area contributed by atoms with Crippen LogP contribution in [0.3, 0.4) is 0 Å². The van der Waals surface area contributed by atoms with Gasteiger partial charge in [0, 0.05) is 28.4 Å². The number of fused-ring (bicyclic) bond motifs is 1. The number of ether oxygens (including phenoxy) is 4. The molecular weight excluding hydrogens is 412 g/mol. The number of hydrogen-bond donors (Lipinski definition) is 2. The number of carbonyl (C=O) groups excluding carboxylic acids is 2. The lowest BCUT2D eigenvalue weighted by molar-refractivity contribution is -0.144. The Hall–Kier alpha value is -3.68. The van der Waals surface area contributed by atoms with Gasteiger partial charge in [-0.3, -0.25) is 0 Å². The van der Waals surface area contributed by atoms with Crippen LogP contribution in [0.25, 0.3) is 10.9 Å². The summed E-state index contributed by atoms with van der Waals surface area (Å²) in [6.07, 6.45) is 0.873. The van der Waals surface area contributed by atoms with E-state index in [1.807, 2.05) is 6.07 Å². The number of methoxy groups -OCH3 is 1. The van der Waals surface area contributed by atoms with Crippen LogP contribution in [-0.4, -0.2) is 36.4 Å². The molecule has 3 aromatic rings. The Morgan fingerprint density at radius 2 is 1.81 bits per heavy atom. The number of rotatable bonds is 7. The lowest BCUT2D eigenvalue weighted by atomic mass is 10.0. The summed E-state index contributed by atoms with van der Waals surface area (Å²) in [6, 6.07) is 11.6. The summed E-state index contributed by atoms with van der Waals surface area (Å²) < 4.78 is 21.3. The fourth-order valence-corrected chi connectivity index (χ4v) is 3.19. The second-order valence-corrected chi connectivity index (χ2v) is 8.05. The van der Waals surface area contributed by atoms with Gasteiger partial charge in [0.2, 0.25) is 0 Å². The maximum absolute atomic E-state index is 12.9. The van der Waals surface area contributed by atoms with Crippen LogP contribution in [0.15, 0.2) is 48.7 Å². The Morgan fingerprint density at radius 1 is 1.09 bits per heavy atom. The molecule has 0 saturated carbocycles. The van der Waals surface area contributed by atoms with Gasteiger partial charge in [-0.15, -0.1) is 0 Å². The first-order chi connectivity index (χ1) is 15.2. The van der Waals surface area contributed by atoms with E-state index in [0.29, 0.717) is 27.9 Å². The largest absolute Gasteiger partial charge is 0.514 e. The van der Waals surface area contributed by atoms with Crippen molar-refractivity contribution in [3.05, 3.63) is 54.2 Å². The van der Waals surface area contributed by atoms with Crippen LogP contribution in [0.2, 0.25) is 0 Å². The van der Waals surface area contributed by atoms with Gasteiger partial charge in [0.15, 0.2) is 6.04 Å². The SMILES string of the molecule is CCOC(=O)[C@@H](Nc1ccc(OC)cc1)c1c[nH]c2cccc(OC(=O)OC(C)(C)C)c12.